The van der Waals surface area contributed by atoms with Gasteiger partial charge in [0.25, 0.3) is 0 Å². The third-order valence-electron chi connectivity index (χ3n) is 3.99. The van der Waals surface area contributed by atoms with Gasteiger partial charge in [-0.2, -0.15) is 0 Å². The van der Waals surface area contributed by atoms with Gasteiger partial charge in [0.05, 0.1) is 0 Å². The number of halogens is 1. The van der Waals surface area contributed by atoms with Crippen LogP contribution < -0.4 is 10.1 Å². The maximum atomic E-state index is 13.2. The summed E-state index contributed by atoms with van der Waals surface area (Å²) in [5, 5.41) is 3.49. The van der Waals surface area contributed by atoms with Crippen LogP contribution in [0, 0.1) is 12.7 Å². The Labute approximate surface area is 125 Å². The maximum absolute atomic E-state index is 13.2. The fraction of sp³-hybridized carbons (Fsp3) is 0.333. The van der Waals surface area contributed by atoms with Crippen LogP contribution in [0.2, 0.25) is 0 Å². The summed E-state index contributed by atoms with van der Waals surface area (Å²) >= 11 is 0. The second-order valence-electron chi connectivity index (χ2n) is 5.74. The Balaban J connectivity index is 1.56. The molecule has 0 aliphatic carbocycles. The molecular formula is C18H20FNO. The van der Waals surface area contributed by atoms with Crippen molar-refractivity contribution in [1.29, 1.82) is 0 Å². The van der Waals surface area contributed by atoms with E-state index >= 15 is 0 Å². The molecular weight excluding hydrogens is 265 g/mol. The van der Waals surface area contributed by atoms with E-state index in [0.717, 1.165) is 24.3 Å². The van der Waals surface area contributed by atoms with Crippen molar-refractivity contribution < 1.29 is 9.13 Å². The quantitative estimate of drug-likeness (QED) is 0.923. The summed E-state index contributed by atoms with van der Waals surface area (Å²) in [5.41, 5.74) is 3.49. The van der Waals surface area contributed by atoms with Gasteiger partial charge in [-0.15, -0.1) is 0 Å². The lowest BCUT2D eigenvalue weighted by molar-refractivity contribution is 0.222. The smallest absolute Gasteiger partial charge is 0.123 e. The SMILES string of the molecule is Cc1ccc([C@H](C)NCC2Cc3cc(F)ccc3O2)cc1. The summed E-state index contributed by atoms with van der Waals surface area (Å²) in [4.78, 5) is 0. The summed E-state index contributed by atoms with van der Waals surface area (Å²) < 4.78 is 19.0. The molecule has 0 radical (unpaired) electrons. The first-order valence-electron chi connectivity index (χ1n) is 7.37. The lowest BCUT2D eigenvalue weighted by Gasteiger charge is -2.18. The Hall–Kier alpha value is -1.87. The van der Waals surface area contributed by atoms with E-state index in [-0.39, 0.29) is 18.0 Å². The molecule has 0 fully saturated rings. The number of rotatable bonds is 4. The van der Waals surface area contributed by atoms with Gasteiger partial charge in [-0.05, 0) is 37.6 Å². The van der Waals surface area contributed by atoms with E-state index in [1.54, 1.807) is 12.1 Å². The molecule has 110 valence electrons. The monoisotopic (exact) mass is 285 g/mol. The van der Waals surface area contributed by atoms with Crippen molar-refractivity contribution in [3.05, 3.63) is 65.0 Å². The molecule has 2 aromatic rings. The standard InChI is InChI=1S/C18H20FNO/c1-12-3-5-14(6-4-12)13(2)20-11-17-10-15-9-16(19)7-8-18(15)21-17/h3-9,13,17,20H,10-11H2,1-2H3/t13-,17?/m0/s1. The van der Waals surface area contributed by atoms with Gasteiger partial charge < -0.3 is 10.1 Å². The molecule has 1 N–H and O–H groups in total. The van der Waals surface area contributed by atoms with Crippen LogP contribution in [0.15, 0.2) is 42.5 Å². The lowest BCUT2D eigenvalue weighted by Crippen LogP contribution is -2.31. The van der Waals surface area contributed by atoms with Crippen LogP contribution in [-0.2, 0) is 6.42 Å². The number of hydrogen-bond donors (Lipinski definition) is 1. The molecule has 3 heteroatoms. The summed E-state index contributed by atoms with van der Waals surface area (Å²) in [6.45, 7) is 4.99. The highest BCUT2D eigenvalue weighted by molar-refractivity contribution is 5.38. The summed E-state index contributed by atoms with van der Waals surface area (Å²) in [6.07, 6.45) is 0.843. The minimum absolute atomic E-state index is 0.0784. The molecule has 1 aliphatic heterocycles. The van der Waals surface area contributed by atoms with Gasteiger partial charge in [-0.25, -0.2) is 4.39 Å². The molecule has 1 heterocycles. The van der Waals surface area contributed by atoms with Crippen molar-refractivity contribution >= 4 is 0 Å². The van der Waals surface area contributed by atoms with Crippen LogP contribution in [0.1, 0.15) is 29.7 Å². The lowest BCUT2D eigenvalue weighted by atomic mass is 10.1. The van der Waals surface area contributed by atoms with Crippen LogP contribution in [0.25, 0.3) is 0 Å². The Morgan fingerprint density at radius 1 is 1.24 bits per heavy atom. The third-order valence-corrected chi connectivity index (χ3v) is 3.99. The van der Waals surface area contributed by atoms with Gasteiger partial charge in [-0.1, -0.05) is 29.8 Å². The predicted octanol–water partition coefficient (Wildman–Crippen LogP) is 3.79. The zero-order valence-corrected chi connectivity index (χ0v) is 12.4. The van der Waals surface area contributed by atoms with E-state index in [2.05, 4.69) is 43.4 Å². The zero-order valence-electron chi connectivity index (χ0n) is 12.4. The molecule has 2 atom stereocenters. The van der Waals surface area contributed by atoms with Crippen molar-refractivity contribution in [1.82, 2.24) is 5.32 Å². The normalized spacial score (nSPS) is 18.1. The van der Waals surface area contributed by atoms with E-state index in [0.29, 0.717) is 0 Å². The average Bonchev–Trinajstić information content (AvgIpc) is 2.87. The number of ether oxygens (including phenoxy) is 1. The van der Waals surface area contributed by atoms with Crippen LogP contribution in [0.5, 0.6) is 5.75 Å². The van der Waals surface area contributed by atoms with Gasteiger partial charge in [-0.3, -0.25) is 0 Å². The maximum Gasteiger partial charge on any atom is 0.123 e. The first-order chi connectivity index (χ1) is 10.1. The van der Waals surface area contributed by atoms with E-state index in [1.165, 1.54) is 17.2 Å². The minimum atomic E-state index is -0.195. The molecule has 0 bridgehead atoms. The van der Waals surface area contributed by atoms with E-state index < -0.39 is 0 Å². The second kappa shape index (κ2) is 5.86. The molecule has 2 aromatic carbocycles. The summed E-state index contributed by atoms with van der Waals surface area (Å²) in [6, 6.07) is 13.5. The average molecular weight is 285 g/mol. The van der Waals surface area contributed by atoms with Crippen molar-refractivity contribution in [2.75, 3.05) is 6.54 Å². The van der Waals surface area contributed by atoms with Crippen molar-refractivity contribution in [2.45, 2.75) is 32.4 Å². The van der Waals surface area contributed by atoms with E-state index in [1.807, 2.05) is 0 Å². The van der Waals surface area contributed by atoms with Gasteiger partial charge >= 0.3 is 0 Å². The predicted molar refractivity (Wildman–Crippen MR) is 82.1 cm³/mol. The molecule has 21 heavy (non-hydrogen) atoms. The molecule has 0 saturated heterocycles. The van der Waals surface area contributed by atoms with Crippen molar-refractivity contribution in [3.8, 4) is 5.75 Å². The number of benzene rings is 2. The zero-order chi connectivity index (χ0) is 14.8. The van der Waals surface area contributed by atoms with Crippen molar-refractivity contribution in [2.24, 2.45) is 0 Å². The Kier molecular flexibility index (Phi) is 3.93. The first kappa shape index (κ1) is 14.1. The highest BCUT2D eigenvalue weighted by Crippen LogP contribution is 2.29. The number of fused-ring (bicyclic) bond motifs is 1. The third kappa shape index (κ3) is 3.24. The molecule has 1 unspecified atom stereocenters. The molecule has 0 amide bonds. The van der Waals surface area contributed by atoms with Gasteiger partial charge in [0.2, 0.25) is 0 Å². The molecule has 0 saturated carbocycles. The Morgan fingerprint density at radius 3 is 2.76 bits per heavy atom. The van der Waals surface area contributed by atoms with Crippen LogP contribution in [0.4, 0.5) is 4.39 Å². The molecule has 0 aromatic heterocycles. The molecule has 0 spiro atoms. The number of nitrogens with one attached hydrogen (secondary N) is 1. The van der Waals surface area contributed by atoms with Crippen molar-refractivity contribution in [3.63, 3.8) is 0 Å². The van der Waals surface area contributed by atoms with Crippen LogP contribution in [0.3, 0.4) is 0 Å². The topological polar surface area (TPSA) is 21.3 Å². The van der Waals surface area contributed by atoms with E-state index in [9.17, 15) is 4.39 Å². The van der Waals surface area contributed by atoms with E-state index in [4.69, 9.17) is 4.74 Å². The van der Waals surface area contributed by atoms with Gasteiger partial charge in [0, 0.05) is 24.6 Å². The molecule has 2 nitrogen and oxygen atoms in total. The Morgan fingerprint density at radius 2 is 2.00 bits per heavy atom. The number of hydrogen-bond acceptors (Lipinski definition) is 2. The van der Waals surface area contributed by atoms with Crippen LogP contribution in [-0.4, -0.2) is 12.6 Å². The highest BCUT2D eigenvalue weighted by Gasteiger charge is 2.23. The Bertz CT molecular complexity index is 624. The van der Waals surface area contributed by atoms with Crippen LogP contribution >= 0.6 is 0 Å². The first-order valence-corrected chi connectivity index (χ1v) is 7.37. The summed E-state index contributed by atoms with van der Waals surface area (Å²) in [7, 11) is 0. The summed E-state index contributed by atoms with van der Waals surface area (Å²) in [5.74, 6) is 0.616. The molecule has 1 aliphatic rings. The minimum Gasteiger partial charge on any atom is -0.488 e. The van der Waals surface area contributed by atoms with Gasteiger partial charge in [0.1, 0.15) is 17.7 Å². The highest BCUT2D eigenvalue weighted by atomic mass is 19.1. The second-order valence-corrected chi connectivity index (χ2v) is 5.74. The number of aryl methyl sites for hydroxylation is 1. The molecule has 3 rings (SSSR count). The fourth-order valence-electron chi connectivity index (χ4n) is 2.68. The van der Waals surface area contributed by atoms with Gasteiger partial charge in [0.15, 0.2) is 0 Å². The largest absolute Gasteiger partial charge is 0.488 e. The fourth-order valence-corrected chi connectivity index (χ4v) is 2.68.